The van der Waals surface area contributed by atoms with E-state index in [1.165, 1.54) is 0 Å². The van der Waals surface area contributed by atoms with Crippen molar-refractivity contribution in [3.8, 4) is 5.88 Å². The Balaban J connectivity index is 2.42. The van der Waals surface area contributed by atoms with Gasteiger partial charge in [-0.1, -0.05) is 11.6 Å². The Morgan fingerprint density at radius 1 is 1.50 bits per heavy atom. The maximum absolute atomic E-state index is 5.88. The number of ether oxygens (including phenoxy) is 2. The summed E-state index contributed by atoms with van der Waals surface area (Å²) in [5.41, 5.74) is 0. The van der Waals surface area contributed by atoms with Crippen LogP contribution in [0.5, 0.6) is 5.88 Å². The fourth-order valence-corrected chi connectivity index (χ4v) is 1.53. The molecular formula is C9H11BrClNO2. The maximum atomic E-state index is 5.88. The third-order valence-electron chi connectivity index (χ3n) is 1.44. The van der Waals surface area contributed by atoms with Gasteiger partial charge in [-0.15, -0.1) is 0 Å². The van der Waals surface area contributed by atoms with Crippen molar-refractivity contribution in [3.63, 3.8) is 0 Å². The molecule has 0 aliphatic rings. The predicted octanol–water partition coefficient (Wildman–Crippen LogP) is 2.91. The molecule has 0 saturated carbocycles. The number of rotatable bonds is 5. The van der Waals surface area contributed by atoms with Crippen LogP contribution in [0.25, 0.3) is 0 Å². The zero-order chi connectivity index (χ0) is 10.4. The van der Waals surface area contributed by atoms with E-state index >= 15 is 0 Å². The van der Waals surface area contributed by atoms with E-state index in [0.29, 0.717) is 30.7 Å². The highest BCUT2D eigenvalue weighted by molar-refractivity contribution is 9.10. The molecule has 14 heavy (non-hydrogen) atoms. The van der Waals surface area contributed by atoms with Crippen molar-refractivity contribution in [2.75, 3.05) is 19.8 Å². The van der Waals surface area contributed by atoms with Gasteiger partial charge in [0.15, 0.2) is 0 Å². The Labute approximate surface area is 96.5 Å². The molecule has 0 bridgehead atoms. The number of hydrogen-bond acceptors (Lipinski definition) is 3. The molecular weight excluding hydrogens is 269 g/mol. The van der Waals surface area contributed by atoms with Gasteiger partial charge in [0.05, 0.1) is 6.61 Å². The first-order chi connectivity index (χ1) is 6.74. The number of nitrogens with zero attached hydrogens (tertiary/aromatic N) is 1. The highest BCUT2D eigenvalue weighted by Gasteiger charge is 2.03. The van der Waals surface area contributed by atoms with Crippen LogP contribution >= 0.6 is 27.5 Å². The first-order valence-corrected chi connectivity index (χ1v) is 5.42. The van der Waals surface area contributed by atoms with Crippen LogP contribution in [0.15, 0.2) is 16.7 Å². The van der Waals surface area contributed by atoms with Gasteiger partial charge >= 0.3 is 0 Å². The summed E-state index contributed by atoms with van der Waals surface area (Å²) in [6, 6.07) is 1.74. The molecule has 0 atom stereocenters. The monoisotopic (exact) mass is 279 g/mol. The van der Waals surface area contributed by atoms with Crippen molar-refractivity contribution in [1.29, 1.82) is 0 Å². The highest BCUT2D eigenvalue weighted by Crippen LogP contribution is 2.24. The Morgan fingerprint density at radius 2 is 2.29 bits per heavy atom. The first-order valence-electron chi connectivity index (χ1n) is 4.25. The molecule has 3 nitrogen and oxygen atoms in total. The summed E-state index contributed by atoms with van der Waals surface area (Å²) in [5, 5.41) is 0.496. The molecule has 0 N–H and O–H groups in total. The molecule has 0 radical (unpaired) electrons. The van der Waals surface area contributed by atoms with E-state index < -0.39 is 0 Å². The molecule has 78 valence electrons. The highest BCUT2D eigenvalue weighted by atomic mass is 79.9. The van der Waals surface area contributed by atoms with Gasteiger partial charge in [-0.3, -0.25) is 0 Å². The van der Waals surface area contributed by atoms with Gasteiger partial charge in [0.2, 0.25) is 5.88 Å². The van der Waals surface area contributed by atoms with E-state index in [9.17, 15) is 0 Å². The van der Waals surface area contributed by atoms with Crippen molar-refractivity contribution < 1.29 is 9.47 Å². The number of hydrogen-bond donors (Lipinski definition) is 0. The largest absolute Gasteiger partial charge is 0.474 e. The maximum Gasteiger partial charge on any atom is 0.232 e. The number of aromatic nitrogens is 1. The first kappa shape index (κ1) is 11.8. The lowest BCUT2D eigenvalue weighted by Crippen LogP contribution is -2.07. The minimum absolute atomic E-state index is 0.439. The summed E-state index contributed by atoms with van der Waals surface area (Å²) in [6.45, 7) is 3.63. The van der Waals surface area contributed by atoms with E-state index in [2.05, 4.69) is 20.9 Å². The Hall–Kier alpha value is -0.320. The van der Waals surface area contributed by atoms with E-state index in [0.717, 1.165) is 4.47 Å². The van der Waals surface area contributed by atoms with Crippen LogP contribution in [-0.4, -0.2) is 24.8 Å². The molecule has 5 heteroatoms. The van der Waals surface area contributed by atoms with Crippen molar-refractivity contribution in [3.05, 3.63) is 21.8 Å². The van der Waals surface area contributed by atoms with Crippen LogP contribution in [0.3, 0.4) is 0 Å². The average molecular weight is 281 g/mol. The Bertz CT molecular complexity index is 296. The van der Waals surface area contributed by atoms with E-state index in [1.807, 2.05) is 6.92 Å². The lowest BCUT2D eigenvalue weighted by molar-refractivity contribution is 0.108. The van der Waals surface area contributed by atoms with E-state index in [1.54, 1.807) is 12.3 Å². The summed E-state index contributed by atoms with van der Waals surface area (Å²) in [5.74, 6) is 0.439. The number of pyridine rings is 1. The zero-order valence-corrected chi connectivity index (χ0v) is 10.1. The van der Waals surface area contributed by atoms with E-state index in [4.69, 9.17) is 21.1 Å². The minimum Gasteiger partial charge on any atom is -0.474 e. The van der Waals surface area contributed by atoms with Crippen molar-refractivity contribution in [1.82, 2.24) is 4.98 Å². The minimum atomic E-state index is 0.439. The molecule has 1 aromatic rings. The molecule has 0 unspecified atom stereocenters. The van der Waals surface area contributed by atoms with Crippen LogP contribution < -0.4 is 4.74 Å². The van der Waals surface area contributed by atoms with Crippen LogP contribution in [0.4, 0.5) is 0 Å². The van der Waals surface area contributed by atoms with Crippen LogP contribution in [0.2, 0.25) is 5.02 Å². The molecule has 0 aliphatic heterocycles. The molecule has 1 heterocycles. The summed E-state index contributed by atoms with van der Waals surface area (Å²) in [4.78, 5) is 4.02. The van der Waals surface area contributed by atoms with Gasteiger partial charge in [0, 0.05) is 17.3 Å². The van der Waals surface area contributed by atoms with Crippen LogP contribution in [0.1, 0.15) is 6.92 Å². The van der Waals surface area contributed by atoms with Gasteiger partial charge in [0.25, 0.3) is 0 Å². The summed E-state index contributed by atoms with van der Waals surface area (Å²) in [7, 11) is 0. The lowest BCUT2D eigenvalue weighted by atomic mass is 10.5. The fourth-order valence-electron chi connectivity index (χ4n) is 0.850. The quantitative estimate of drug-likeness (QED) is 0.777. The molecule has 0 amide bonds. The van der Waals surface area contributed by atoms with Gasteiger partial charge < -0.3 is 9.47 Å². The molecule has 0 saturated heterocycles. The summed E-state index contributed by atoms with van der Waals surface area (Å²) in [6.07, 6.45) is 1.64. The molecule has 0 spiro atoms. The third-order valence-corrected chi connectivity index (χ3v) is 2.15. The Kier molecular flexibility index (Phi) is 5.22. The molecule has 1 rings (SSSR count). The molecule has 0 fully saturated rings. The normalized spacial score (nSPS) is 10.2. The summed E-state index contributed by atoms with van der Waals surface area (Å²) < 4.78 is 11.3. The standard InChI is InChI=1S/C9H11BrClNO2/c1-2-13-3-4-14-9-8(11)5-7(10)6-12-9/h5-6H,2-4H2,1H3. The summed E-state index contributed by atoms with van der Waals surface area (Å²) >= 11 is 9.15. The van der Waals surface area contributed by atoms with Crippen LogP contribution in [-0.2, 0) is 4.74 Å². The van der Waals surface area contributed by atoms with Gasteiger partial charge in [0.1, 0.15) is 11.6 Å². The Morgan fingerprint density at radius 3 is 2.93 bits per heavy atom. The van der Waals surface area contributed by atoms with Crippen molar-refractivity contribution in [2.45, 2.75) is 6.92 Å². The van der Waals surface area contributed by atoms with E-state index in [-0.39, 0.29) is 0 Å². The second-order valence-electron chi connectivity index (χ2n) is 2.49. The average Bonchev–Trinajstić information content (AvgIpc) is 2.15. The molecule has 0 aliphatic carbocycles. The second kappa shape index (κ2) is 6.22. The zero-order valence-electron chi connectivity index (χ0n) is 7.80. The molecule has 1 aromatic heterocycles. The third kappa shape index (κ3) is 3.82. The predicted molar refractivity (Wildman–Crippen MR) is 58.9 cm³/mol. The van der Waals surface area contributed by atoms with Gasteiger partial charge in [-0.05, 0) is 28.9 Å². The van der Waals surface area contributed by atoms with Gasteiger partial charge in [-0.2, -0.15) is 0 Å². The molecule has 0 aromatic carbocycles. The smallest absolute Gasteiger partial charge is 0.232 e. The lowest BCUT2D eigenvalue weighted by Gasteiger charge is -2.06. The number of halogens is 2. The fraction of sp³-hybridized carbons (Fsp3) is 0.444. The van der Waals surface area contributed by atoms with Gasteiger partial charge in [-0.25, -0.2) is 4.98 Å². The second-order valence-corrected chi connectivity index (χ2v) is 3.81. The topological polar surface area (TPSA) is 31.4 Å². The van der Waals surface area contributed by atoms with Crippen molar-refractivity contribution in [2.24, 2.45) is 0 Å². The van der Waals surface area contributed by atoms with Crippen molar-refractivity contribution >= 4 is 27.5 Å². The SMILES string of the molecule is CCOCCOc1ncc(Br)cc1Cl. The van der Waals surface area contributed by atoms with Crippen LogP contribution in [0, 0.1) is 0 Å².